The van der Waals surface area contributed by atoms with Crippen LogP contribution in [0.1, 0.15) is 26.3 Å². The SMILES string of the molecule is O=C1c2ccccc2C(=O)N1Cc1ccnnc1Cl. The Balaban J connectivity index is 1.95. The molecule has 5 nitrogen and oxygen atoms in total. The first-order valence-corrected chi connectivity index (χ1v) is 5.97. The molecule has 94 valence electrons. The molecular formula is C13H8ClN3O2. The first-order chi connectivity index (χ1) is 9.18. The molecule has 0 aliphatic carbocycles. The summed E-state index contributed by atoms with van der Waals surface area (Å²) in [5.41, 5.74) is 1.43. The van der Waals surface area contributed by atoms with Crippen molar-refractivity contribution in [1.82, 2.24) is 15.1 Å². The van der Waals surface area contributed by atoms with E-state index in [1.54, 1.807) is 30.3 Å². The highest BCUT2D eigenvalue weighted by Gasteiger charge is 2.35. The lowest BCUT2D eigenvalue weighted by molar-refractivity contribution is 0.0642. The summed E-state index contributed by atoms with van der Waals surface area (Å²) in [6.07, 6.45) is 1.47. The van der Waals surface area contributed by atoms with Gasteiger partial charge in [-0.1, -0.05) is 23.7 Å². The second kappa shape index (κ2) is 4.44. The van der Waals surface area contributed by atoms with Crippen molar-refractivity contribution in [2.75, 3.05) is 0 Å². The summed E-state index contributed by atoms with van der Waals surface area (Å²) in [5, 5.41) is 7.51. The smallest absolute Gasteiger partial charge is 0.261 e. The molecule has 1 aliphatic rings. The highest BCUT2D eigenvalue weighted by molar-refractivity contribution is 6.30. The molecule has 0 N–H and O–H groups in total. The molecular weight excluding hydrogens is 266 g/mol. The van der Waals surface area contributed by atoms with Crippen molar-refractivity contribution in [3.8, 4) is 0 Å². The number of benzene rings is 1. The van der Waals surface area contributed by atoms with E-state index in [0.717, 1.165) is 4.90 Å². The summed E-state index contributed by atoms with van der Waals surface area (Å²) in [6.45, 7) is 0.0979. The number of carbonyl (C=O) groups excluding carboxylic acids is 2. The van der Waals surface area contributed by atoms with Crippen LogP contribution in [0.5, 0.6) is 0 Å². The van der Waals surface area contributed by atoms with Crippen molar-refractivity contribution in [2.24, 2.45) is 0 Å². The average Bonchev–Trinajstić information content (AvgIpc) is 2.67. The third kappa shape index (κ3) is 1.88. The number of amides is 2. The van der Waals surface area contributed by atoms with Crippen LogP contribution in [0.25, 0.3) is 0 Å². The predicted octanol–water partition coefficient (Wildman–Crippen LogP) is 1.93. The summed E-state index contributed by atoms with van der Waals surface area (Å²) in [7, 11) is 0. The van der Waals surface area contributed by atoms with Gasteiger partial charge in [0, 0.05) is 5.56 Å². The Labute approximate surface area is 113 Å². The summed E-state index contributed by atoms with van der Waals surface area (Å²) in [5.74, 6) is -0.623. The van der Waals surface area contributed by atoms with Gasteiger partial charge in [0.25, 0.3) is 11.8 Å². The van der Waals surface area contributed by atoms with Gasteiger partial charge in [0.15, 0.2) is 5.15 Å². The van der Waals surface area contributed by atoms with Gasteiger partial charge in [-0.05, 0) is 18.2 Å². The molecule has 0 fully saturated rings. The lowest BCUT2D eigenvalue weighted by Gasteiger charge is -2.13. The van der Waals surface area contributed by atoms with Gasteiger partial charge in [-0.15, -0.1) is 5.10 Å². The van der Waals surface area contributed by atoms with Crippen molar-refractivity contribution >= 4 is 23.4 Å². The topological polar surface area (TPSA) is 63.2 Å². The summed E-state index contributed by atoms with van der Waals surface area (Å²) >= 11 is 5.89. The number of imide groups is 1. The zero-order chi connectivity index (χ0) is 13.4. The Kier molecular flexibility index (Phi) is 2.76. The van der Waals surface area contributed by atoms with Crippen LogP contribution < -0.4 is 0 Å². The van der Waals surface area contributed by atoms with Crippen molar-refractivity contribution in [3.63, 3.8) is 0 Å². The molecule has 2 heterocycles. The van der Waals surface area contributed by atoms with Gasteiger partial charge in [0.05, 0.1) is 23.9 Å². The van der Waals surface area contributed by atoms with E-state index >= 15 is 0 Å². The van der Waals surface area contributed by atoms with E-state index in [0.29, 0.717) is 16.7 Å². The molecule has 0 spiro atoms. The Morgan fingerprint density at radius 2 is 1.68 bits per heavy atom. The van der Waals surface area contributed by atoms with E-state index in [1.807, 2.05) is 0 Å². The van der Waals surface area contributed by atoms with E-state index in [2.05, 4.69) is 10.2 Å². The number of hydrogen-bond donors (Lipinski definition) is 0. The van der Waals surface area contributed by atoms with Crippen LogP contribution in [0.15, 0.2) is 36.5 Å². The molecule has 1 aliphatic heterocycles. The van der Waals surface area contributed by atoms with Crippen LogP contribution in [0, 0.1) is 0 Å². The van der Waals surface area contributed by atoms with Gasteiger partial charge in [-0.25, -0.2) is 0 Å². The van der Waals surface area contributed by atoms with E-state index in [9.17, 15) is 9.59 Å². The van der Waals surface area contributed by atoms with Crippen LogP contribution in [0.4, 0.5) is 0 Å². The van der Waals surface area contributed by atoms with Crippen LogP contribution in [-0.4, -0.2) is 26.9 Å². The molecule has 0 saturated heterocycles. The van der Waals surface area contributed by atoms with Gasteiger partial charge >= 0.3 is 0 Å². The lowest BCUT2D eigenvalue weighted by Crippen LogP contribution is -2.29. The van der Waals surface area contributed by atoms with Crippen LogP contribution >= 0.6 is 11.6 Å². The number of carbonyl (C=O) groups is 2. The largest absolute Gasteiger partial charge is 0.270 e. The normalized spacial score (nSPS) is 13.8. The molecule has 1 aromatic heterocycles. The van der Waals surface area contributed by atoms with Crippen molar-refractivity contribution in [3.05, 3.63) is 58.4 Å². The maximum Gasteiger partial charge on any atom is 0.261 e. The molecule has 0 atom stereocenters. The Morgan fingerprint density at radius 3 is 2.26 bits per heavy atom. The zero-order valence-corrected chi connectivity index (χ0v) is 10.5. The van der Waals surface area contributed by atoms with E-state index in [1.165, 1.54) is 6.20 Å². The van der Waals surface area contributed by atoms with Crippen molar-refractivity contribution in [2.45, 2.75) is 6.54 Å². The summed E-state index contributed by atoms with van der Waals surface area (Å²) in [6, 6.07) is 8.38. The number of halogens is 1. The molecule has 0 bridgehead atoms. The predicted molar refractivity (Wildman–Crippen MR) is 67.7 cm³/mol. The minimum Gasteiger partial charge on any atom is -0.270 e. The molecule has 0 unspecified atom stereocenters. The first-order valence-electron chi connectivity index (χ1n) is 5.60. The van der Waals surface area contributed by atoms with Crippen LogP contribution in [-0.2, 0) is 6.54 Å². The number of rotatable bonds is 2. The third-order valence-electron chi connectivity index (χ3n) is 2.96. The van der Waals surface area contributed by atoms with Gasteiger partial charge < -0.3 is 0 Å². The molecule has 0 saturated carbocycles. The van der Waals surface area contributed by atoms with Gasteiger partial charge in [0.1, 0.15) is 0 Å². The minimum atomic E-state index is -0.312. The van der Waals surface area contributed by atoms with Gasteiger partial charge in [-0.2, -0.15) is 5.10 Å². The molecule has 19 heavy (non-hydrogen) atoms. The van der Waals surface area contributed by atoms with Gasteiger partial charge in [-0.3, -0.25) is 14.5 Å². The van der Waals surface area contributed by atoms with Gasteiger partial charge in [0.2, 0.25) is 0 Å². The Bertz CT molecular complexity index is 652. The summed E-state index contributed by atoms with van der Waals surface area (Å²) in [4.78, 5) is 25.5. The van der Waals surface area contributed by atoms with E-state index in [4.69, 9.17) is 11.6 Å². The maximum atomic E-state index is 12.1. The van der Waals surface area contributed by atoms with Crippen LogP contribution in [0.2, 0.25) is 5.15 Å². The monoisotopic (exact) mass is 273 g/mol. The molecule has 2 amide bonds. The fourth-order valence-electron chi connectivity index (χ4n) is 2.01. The fourth-order valence-corrected chi connectivity index (χ4v) is 2.18. The number of aromatic nitrogens is 2. The highest BCUT2D eigenvalue weighted by atomic mass is 35.5. The number of fused-ring (bicyclic) bond motifs is 1. The average molecular weight is 274 g/mol. The number of nitrogens with zero attached hydrogens (tertiary/aromatic N) is 3. The first kappa shape index (κ1) is 11.8. The number of hydrogen-bond acceptors (Lipinski definition) is 4. The fraction of sp³-hybridized carbons (Fsp3) is 0.0769. The molecule has 6 heteroatoms. The van der Waals surface area contributed by atoms with E-state index < -0.39 is 0 Å². The summed E-state index contributed by atoms with van der Waals surface area (Å²) < 4.78 is 0. The standard InChI is InChI=1S/C13H8ClN3O2/c14-11-8(5-6-15-16-11)7-17-12(18)9-3-1-2-4-10(9)13(17)19/h1-6H,7H2. The molecule has 2 aromatic rings. The van der Waals surface area contributed by atoms with Crippen molar-refractivity contribution in [1.29, 1.82) is 0 Å². The second-order valence-electron chi connectivity index (χ2n) is 4.09. The van der Waals surface area contributed by atoms with Crippen molar-refractivity contribution < 1.29 is 9.59 Å². The lowest BCUT2D eigenvalue weighted by atomic mass is 10.1. The quantitative estimate of drug-likeness (QED) is 0.784. The molecule has 3 rings (SSSR count). The zero-order valence-electron chi connectivity index (χ0n) is 9.71. The Hall–Kier alpha value is -2.27. The molecule has 1 aromatic carbocycles. The molecule has 0 radical (unpaired) electrons. The third-order valence-corrected chi connectivity index (χ3v) is 3.28. The second-order valence-corrected chi connectivity index (χ2v) is 4.45. The van der Waals surface area contributed by atoms with E-state index in [-0.39, 0.29) is 23.5 Å². The minimum absolute atomic E-state index is 0.0979. The highest BCUT2D eigenvalue weighted by Crippen LogP contribution is 2.25. The maximum absolute atomic E-state index is 12.1. The van der Waals surface area contributed by atoms with Crippen LogP contribution in [0.3, 0.4) is 0 Å². The Morgan fingerprint density at radius 1 is 1.05 bits per heavy atom.